The van der Waals surface area contributed by atoms with Gasteiger partial charge in [-0.15, -0.1) is 0 Å². The zero-order valence-corrected chi connectivity index (χ0v) is 30.1. The molecule has 2 heterocycles. The molecule has 0 saturated heterocycles. The summed E-state index contributed by atoms with van der Waals surface area (Å²) in [5, 5.41) is 5.00. The Bertz CT molecular complexity index is 2530. The van der Waals surface area contributed by atoms with E-state index < -0.39 is 0 Å². The molecule has 0 amide bonds. The maximum atomic E-state index is 2.46. The molecule has 2 aliphatic rings. The first-order valence-electron chi connectivity index (χ1n) is 18.4. The minimum Gasteiger partial charge on any atom is -0.310 e. The molecule has 250 valence electrons. The van der Waals surface area contributed by atoms with Crippen molar-refractivity contribution in [3.8, 4) is 11.1 Å². The van der Waals surface area contributed by atoms with Gasteiger partial charge < -0.3 is 9.80 Å². The topological polar surface area (TPSA) is 6.48 Å². The Morgan fingerprint density at radius 2 is 0.673 bits per heavy atom. The average molecular weight is 669 g/mol. The lowest BCUT2D eigenvalue weighted by Gasteiger charge is -2.43. The molecular weight excluding hydrogens is 629 g/mol. The van der Waals surface area contributed by atoms with E-state index in [2.05, 4.69) is 207 Å². The third kappa shape index (κ3) is 4.50. The normalized spacial score (nSPS) is 15.2. The summed E-state index contributed by atoms with van der Waals surface area (Å²) < 4.78 is 0. The largest absolute Gasteiger partial charge is 0.310 e. The van der Waals surface area contributed by atoms with E-state index in [0.717, 1.165) is 0 Å². The molecule has 0 bridgehead atoms. The molecule has 8 aromatic rings. The standard InChI is InChI=1S/C50H40N2/c1-49(2)41-17-9-11-19-45(41)51(39-25-21-33-13-5-7-15-35(33)29-39)47-27-23-37(31-43(47)49)38-24-28-48-44(32-38)50(3,4)42-18-10-12-20-46(42)52(48)40-26-22-34-14-6-8-16-36(34)30-40/h5-32H,1-4H3. The van der Waals surface area contributed by atoms with Crippen molar-refractivity contribution in [3.05, 3.63) is 192 Å². The van der Waals surface area contributed by atoms with E-state index in [1.807, 2.05) is 0 Å². The molecule has 0 spiro atoms. The van der Waals surface area contributed by atoms with Crippen LogP contribution in [0.4, 0.5) is 34.1 Å². The van der Waals surface area contributed by atoms with Gasteiger partial charge in [-0.1, -0.05) is 137 Å². The first-order chi connectivity index (χ1) is 25.3. The first-order valence-corrected chi connectivity index (χ1v) is 18.4. The van der Waals surface area contributed by atoms with Crippen molar-refractivity contribution in [1.29, 1.82) is 0 Å². The van der Waals surface area contributed by atoms with Crippen molar-refractivity contribution in [2.45, 2.75) is 38.5 Å². The summed E-state index contributed by atoms with van der Waals surface area (Å²) in [4.78, 5) is 4.92. The molecule has 0 aliphatic carbocycles. The fourth-order valence-corrected chi connectivity index (χ4v) is 8.95. The van der Waals surface area contributed by atoms with Gasteiger partial charge in [0.1, 0.15) is 0 Å². The van der Waals surface area contributed by atoms with Crippen molar-refractivity contribution in [2.75, 3.05) is 9.80 Å². The maximum absolute atomic E-state index is 2.46. The van der Waals surface area contributed by atoms with E-state index in [-0.39, 0.29) is 10.8 Å². The van der Waals surface area contributed by atoms with E-state index in [1.54, 1.807) is 0 Å². The third-order valence-electron chi connectivity index (χ3n) is 11.8. The van der Waals surface area contributed by atoms with Crippen molar-refractivity contribution in [1.82, 2.24) is 0 Å². The van der Waals surface area contributed by atoms with Crippen LogP contribution in [0.1, 0.15) is 49.9 Å². The summed E-state index contributed by atoms with van der Waals surface area (Å²) in [6.45, 7) is 9.50. The Morgan fingerprint density at radius 1 is 0.308 bits per heavy atom. The number of rotatable bonds is 3. The second-order valence-electron chi connectivity index (χ2n) is 15.5. The fourth-order valence-electron chi connectivity index (χ4n) is 8.95. The SMILES string of the molecule is CC1(C)c2ccccc2N(c2ccc3ccccc3c2)c2ccc(-c3ccc4c(c3)C(C)(C)c3ccccc3N4c3ccc4ccccc4c3)cc21. The van der Waals surface area contributed by atoms with Crippen LogP contribution in [0.2, 0.25) is 0 Å². The number of hydrogen-bond acceptors (Lipinski definition) is 2. The lowest BCUT2D eigenvalue weighted by molar-refractivity contribution is 0.631. The predicted octanol–water partition coefficient (Wildman–Crippen LogP) is 13.9. The molecule has 0 unspecified atom stereocenters. The minimum atomic E-state index is -0.186. The Labute approximate surface area is 306 Å². The molecule has 2 nitrogen and oxygen atoms in total. The number of fused-ring (bicyclic) bond motifs is 6. The van der Waals surface area contributed by atoms with Crippen LogP contribution in [-0.2, 0) is 10.8 Å². The van der Waals surface area contributed by atoms with Crippen LogP contribution in [0.5, 0.6) is 0 Å². The van der Waals surface area contributed by atoms with Crippen molar-refractivity contribution >= 4 is 55.7 Å². The number of hydrogen-bond donors (Lipinski definition) is 0. The van der Waals surface area contributed by atoms with Crippen molar-refractivity contribution in [2.24, 2.45) is 0 Å². The highest BCUT2D eigenvalue weighted by molar-refractivity contribution is 5.95. The van der Waals surface area contributed by atoms with Gasteiger partial charge in [-0.3, -0.25) is 0 Å². The van der Waals surface area contributed by atoms with Gasteiger partial charge in [-0.2, -0.15) is 0 Å². The second-order valence-corrected chi connectivity index (χ2v) is 15.5. The number of nitrogens with zero attached hydrogens (tertiary/aromatic N) is 2. The first kappa shape index (κ1) is 30.7. The summed E-state index contributed by atoms with van der Waals surface area (Å²) in [5.41, 5.74) is 14.7. The van der Waals surface area contributed by atoms with Crippen LogP contribution < -0.4 is 9.80 Å². The van der Waals surface area contributed by atoms with Gasteiger partial charge in [0.25, 0.3) is 0 Å². The van der Waals surface area contributed by atoms with E-state index in [1.165, 1.54) is 89.0 Å². The fraction of sp³-hybridized carbons (Fsp3) is 0.120. The van der Waals surface area contributed by atoms with Crippen molar-refractivity contribution in [3.63, 3.8) is 0 Å². The van der Waals surface area contributed by atoms with Crippen LogP contribution >= 0.6 is 0 Å². The van der Waals surface area contributed by atoms with Crippen LogP contribution in [0, 0.1) is 0 Å². The molecule has 0 fully saturated rings. The van der Waals surface area contributed by atoms with Crippen LogP contribution in [0.25, 0.3) is 32.7 Å². The molecule has 10 rings (SSSR count). The number of para-hydroxylation sites is 2. The molecule has 2 heteroatoms. The Hall–Kier alpha value is -6.12. The van der Waals surface area contributed by atoms with E-state index >= 15 is 0 Å². The number of anilines is 6. The maximum Gasteiger partial charge on any atom is 0.0503 e. The van der Waals surface area contributed by atoms with E-state index in [4.69, 9.17) is 0 Å². The summed E-state index contributed by atoms with van der Waals surface area (Å²) in [6, 6.07) is 63.0. The summed E-state index contributed by atoms with van der Waals surface area (Å²) in [6.07, 6.45) is 0. The molecular formula is C50H40N2. The summed E-state index contributed by atoms with van der Waals surface area (Å²) in [5.74, 6) is 0. The smallest absolute Gasteiger partial charge is 0.0503 e. The zero-order valence-electron chi connectivity index (χ0n) is 30.1. The monoisotopic (exact) mass is 668 g/mol. The quantitative estimate of drug-likeness (QED) is 0.185. The van der Waals surface area contributed by atoms with Gasteiger partial charge in [-0.25, -0.2) is 0 Å². The van der Waals surface area contributed by atoms with Gasteiger partial charge in [-0.05, 0) is 116 Å². The minimum absolute atomic E-state index is 0.186. The Balaban J connectivity index is 1.13. The van der Waals surface area contributed by atoms with E-state index in [9.17, 15) is 0 Å². The molecule has 0 N–H and O–H groups in total. The molecule has 8 aromatic carbocycles. The lowest BCUT2D eigenvalue weighted by atomic mass is 9.71. The zero-order chi connectivity index (χ0) is 35.2. The highest BCUT2D eigenvalue weighted by Gasteiger charge is 2.39. The molecule has 0 saturated carbocycles. The Morgan fingerprint density at radius 3 is 1.12 bits per heavy atom. The highest BCUT2D eigenvalue weighted by Crippen LogP contribution is 2.55. The van der Waals surface area contributed by atoms with E-state index in [0.29, 0.717) is 0 Å². The molecule has 2 aliphatic heterocycles. The molecule has 0 atom stereocenters. The van der Waals surface area contributed by atoms with Gasteiger partial charge in [0.15, 0.2) is 0 Å². The number of benzene rings is 8. The van der Waals surface area contributed by atoms with Crippen LogP contribution in [0.3, 0.4) is 0 Å². The lowest BCUT2D eigenvalue weighted by Crippen LogP contribution is -2.31. The van der Waals surface area contributed by atoms with Gasteiger partial charge in [0.2, 0.25) is 0 Å². The van der Waals surface area contributed by atoms with Gasteiger partial charge in [0, 0.05) is 22.2 Å². The molecule has 0 radical (unpaired) electrons. The third-order valence-corrected chi connectivity index (χ3v) is 11.8. The van der Waals surface area contributed by atoms with Crippen molar-refractivity contribution < 1.29 is 0 Å². The predicted molar refractivity (Wildman–Crippen MR) is 221 cm³/mol. The van der Waals surface area contributed by atoms with Gasteiger partial charge >= 0.3 is 0 Å². The second kappa shape index (κ2) is 11.2. The van der Waals surface area contributed by atoms with Crippen LogP contribution in [0.15, 0.2) is 170 Å². The van der Waals surface area contributed by atoms with Crippen LogP contribution in [-0.4, -0.2) is 0 Å². The molecule has 0 aromatic heterocycles. The average Bonchev–Trinajstić information content (AvgIpc) is 3.18. The summed E-state index contributed by atoms with van der Waals surface area (Å²) >= 11 is 0. The highest BCUT2D eigenvalue weighted by atomic mass is 15.2. The summed E-state index contributed by atoms with van der Waals surface area (Å²) in [7, 11) is 0. The van der Waals surface area contributed by atoms with Gasteiger partial charge in [0.05, 0.1) is 22.7 Å². The Kier molecular flexibility index (Phi) is 6.60. The molecule has 52 heavy (non-hydrogen) atoms.